The van der Waals surface area contributed by atoms with Gasteiger partial charge in [-0.15, -0.1) is 5.75 Å². The van der Waals surface area contributed by atoms with E-state index in [0.29, 0.717) is 22.5 Å². The third kappa shape index (κ3) is 2.77. The van der Waals surface area contributed by atoms with Gasteiger partial charge in [0.25, 0.3) is 5.91 Å². The van der Waals surface area contributed by atoms with Crippen LogP contribution in [-0.2, 0) is 4.79 Å². The van der Waals surface area contributed by atoms with E-state index in [1.807, 2.05) is 0 Å². The monoisotopic (exact) mass is 321 g/mol. The first-order valence-corrected chi connectivity index (χ1v) is 7.18. The molecule has 1 aliphatic rings. The van der Waals surface area contributed by atoms with Crippen LogP contribution in [0.3, 0.4) is 0 Å². The number of hydrogen-bond donors (Lipinski definition) is 1. The number of carbonyl (C=O) groups is 2. The Morgan fingerprint density at radius 1 is 1.21 bits per heavy atom. The number of anilines is 1. The standard InChI is InChI=1S/C18H14N2O4/c1-11-15(10-12-5-2-3-8-16(12)21)17(22)20(19-11)14-7-4-6-13(9-14)18(23)24/h2-10,21H,1H3,(H,23,24)/p-1/b15-10+. The second-order valence-electron chi connectivity index (χ2n) is 5.25. The van der Waals surface area contributed by atoms with Crippen LogP contribution >= 0.6 is 0 Å². The van der Waals surface area contributed by atoms with Crippen LogP contribution in [0.5, 0.6) is 5.75 Å². The molecule has 1 aliphatic heterocycles. The van der Waals surface area contributed by atoms with Crippen molar-refractivity contribution < 1.29 is 19.8 Å². The van der Waals surface area contributed by atoms with Crippen molar-refractivity contribution in [2.75, 3.05) is 5.01 Å². The predicted octanol–water partition coefficient (Wildman–Crippen LogP) is 2.26. The predicted molar refractivity (Wildman–Crippen MR) is 87.9 cm³/mol. The number of para-hydroxylation sites is 1. The third-order valence-corrected chi connectivity index (χ3v) is 3.62. The Labute approximate surface area is 138 Å². The van der Waals surface area contributed by atoms with Crippen molar-refractivity contribution >= 4 is 29.4 Å². The molecule has 1 N–H and O–H groups in total. The minimum Gasteiger partial charge on any atom is -0.872 e. The molecule has 0 fully saturated rings. The zero-order valence-corrected chi connectivity index (χ0v) is 12.8. The fourth-order valence-electron chi connectivity index (χ4n) is 2.39. The summed E-state index contributed by atoms with van der Waals surface area (Å²) < 4.78 is 0. The molecule has 0 saturated carbocycles. The van der Waals surface area contributed by atoms with Gasteiger partial charge >= 0.3 is 5.97 Å². The minimum absolute atomic E-state index is 0.0653. The van der Waals surface area contributed by atoms with Crippen LogP contribution in [0.2, 0.25) is 0 Å². The van der Waals surface area contributed by atoms with Gasteiger partial charge in [0.05, 0.1) is 22.5 Å². The van der Waals surface area contributed by atoms with E-state index >= 15 is 0 Å². The quantitative estimate of drug-likeness (QED) is 0.878. The second-order valence-corrected chi connectivity index (χ2v) is 5.25. The number of hydrazone groups is 1. The van der Waals surface area contributed by atoms with Crippen LogP contribution < -0.4 is 10.1 Å². The molecule has 1 heterocycles. The fraction of sp³-hybridized carbons (Fsp3) is 0.0556. The third-order valence-electron chi connectivity index (χ3n) is 3.62. The molecule has 6 nitrogen and oxygen atoms in total. The molecule has 0 radical (unpaired) electrons. The van der Waals surface area contributed by atoms with E-state index in [-0.39, 0.29) is 11.3 Å². The highest BCUT2D eigenvalue weighted by Crippen LogP contribution is 2.27. The van der Waals surface area contributed by atoms with Crippen LogP contribution in [0.4, 0.5) is 5.69 Å². The highest BCUT2D eigenvalue weighted by Gasteiger charge is 2.29. The van der Waals surface area contributed by atoms with Gasteiger partial charge < -0.3 is 10.2 Å². The molecule has 0 unspecified atom stereocenters. The number of carboxylic acids is 1. The van der Waals surface area contributed by atoms with E-state index in [0.717, 1.165) is 5.01 Å². The van der Waals surface area contributed by atoms with Crippen molar-refractivity contribution in [3.8, 4) is 5.75 Å². The van der Waals surface area contributed by atoms with Gasteiger partial charge in [-0.25, -0.2) is 4.79 Å². The SMILES string of the molecule is CC1=NN(c2cccc(C(=O)O)c2)C(=O)/C1=C/c1ccccc1[O-]. The Morgan fingerprint density at radius 2 is 1.96 bits per heavy atom. The highest BCUT2D eigenvalue weighted by molar-refractivity contribution is 6.32. The lowest BCUT2D eigenvalue weighted by Crippen LogP contribution is -2.21. The molecule has 0 aromatic heterocycles. The molecular formula is C18H13N2O4-. The average molecular weight is 321 g/mol. The number of amides is 1. The van der Waals surface area contributed by atoms with E-state index in [2.05, 4.69) is 5.10 Å². The fourth-order valence-corrected chi connectivity index (χ4v) is 2.39. The van der Waals surface area contributed by atoms with Gasteiger partial charge in [-0.1, -0.05) is 30.3 Å². The molecule has 3 rings (SSSR count). The molecule has 2 aromatic carbocycles. The van der Waals surface area contributed by atoms with Crippen LogP contribution in [0, 0.1) is 0 Å². The molecule has 0 spiro atoms. The van der Waals surface area contributed by atoms with Gasteiger partial charge in [-0.05, 0) is 36.8 Å². The molecule has 0 aliphatic carbocycles. The van der Waals surface area contributed by atoms with Gasteiger partial charge in [-0.3, -0.25) is 4.79 Å². The average Bonchev–Trinajstić information content (AvgIpc) is 2.85. The van der Waals surface area contributed by atoms with Gasteiger partial charge in [0.1, 0.15) is 0 Å². The first-order valence-electron chi connectivity index (χ1n) is 7.18. The molecule has 0 atom stereocenters. The Bertz CT molecular complexity index is 899. The van der Waals surface area contributed by atoms with Crippen molar-refractivity contribution in [1.82, 2.24) is 0 Å². The number of carboxylic acid groups (broad SMARTS) is 1. The largest absolute Gasteiger partial charge is 0.872 e. The molecule has 120 valence electrons. The number of aromatic carboxylic acids is 1. The van der Waals surface area contributed by atoms with E-state index in [9.17, 15) is 14.7 Å². The summed E-state index contributed by atoms with van der Waals surface area (Å²) in [6.45, 7) is 1.66. The topological polar surface area (TPSA) is 93.0 Å². The Morgan fingerprint density at radius 3 is 2.67 bits per heavy atom. The van der Waals surface area contributed by atoms with E-state index in [1.54, 1.807) is 37.3 Å². The Balaban J connectivity index is 1.98. The van der Waals surface area contributed by atoms with E-state index in [1.165, 1.54) is 24.3 Å². The van der Waals surface area contributed by atoms with Crippen LogP contribution in [0.1, 0.15) is 22.8 Å². The normalized spacial score (nSPS) is 15.7. The number of rotatable bonds is 3. The first kappa shape index (κ1) is 15.5. The summed E-state index contributed by atoms with van der Waals surface area (Å²) in [4.78, 5) is 23.7. The van der Waals surface area contributed by atoms with Gasteiger partial charge in [-0.2, -0.15) is 10.1 Å². The number of hydrogen-bond acceptors (Lipinski definition) is 4. The van der Waals surface area contributed by atoms with Gasteiger partial charge in [0, 0.05) is 0 Å². The van der Waals surface area contributed by atoms with E-state index in [4.69, 9.17) is 5.11 Å². The molecule has 2 aromatic rings. The summed E-state index contributed by atoms with van der Waals surface area (Å²) in [5, 5.41) is 26.2. The van der Waals surface area contributed by atoms with E-state index < -0.39 is 11.9 Å². The van der Waals surface area contributed by atoms with Crippen LogP contribution in [0.15, 0.2) is 59.2 Å². The molecule has 6 heteroatoms. The lowest BCUT2D eigenvalue weighted by Gasteiger charge is -2.13. The lowest BCUT2D eigenvalue weighted by atomic mass is 10.1. The van der Waals surface area contributed by atoms with Crippen molar-refractivity contribution in [1.29, 1.82) is 0 Å². The molecule has 24 heavy (non-hydrogen) atoms. The van der Waals surface area contributed by atoms with Crippen molar-refractivity contribution in [2.45, 2.75) is 6.92 Å². The maximum Gasteiger partial charge on any atom is 0.335 e. The lowest BCUT2D eigenvalue weighted by molar-refractivity contribution is -0.268. The summed E-state index contributed by atoms with van der Waals surface area (Å²) >= 11 is 0. The van der Waals surface area contributed by atoms with Gasteiger partial charge in [0.15, 0.2) is 0 Å². The maximum absolute atomic E-state index is 12.6. The number of benzene rings is 2. The molecule has 0 saturated heterocycles. The summed E-state index contributed by atoms with van der Waals surface area (Å²) in [6, 6.07) is 12.4. The summed E-state index contributed by atoms with van der Waals surface area (Å²) in [6.07, 6.45) is 1.50. The van der Waals surface area contributed by atoms with Crippen molar-refractivity contribution in [3.05, 3.63) is 65.2 Å². The maximum atomic E-state index is 12.6. The zero-order chi connectivity index (χ0) is 17.3. The smallest absolute Gasteiger partial charge is 0.335 e. The number of nitrogens with zero attached hydrogens (tertiary/aromatic N) is 2. The zero-order valence-electron chi connectivity index (χ0n) is 12.8. The first-order chi connectivity index (χ1) is 11.5. The molecule has 0 bridgehead atoms. The highest BCUT2D eigenvalue weighted by atomic mass is 16.4. The van der Waals surface area contributed by atoms with Crippen molar-refractivity contribution in [3.63, 3.8) is 0 Å². The second kappa shape index (κ2) is 6.00. The van der Waals surface area contributed by atoms with Crippen LogP contribution in [-0.4, -0.2) is 22.7 Å². The number of carbonyl (C=O) groups excluding carboxylic acids is 1. The summed E-state index contributed by atoms with van der Waals surface area (Å²) in [5.41, 5.74) is 1.59. The van der Waals surface area contributed by atoms with Crippen LogP contribution in [0.25, 0.3) is 6.08 Å². The molecule has 1 amide bonds. The van der Waals surface area contributed by atoms with Crippen molar-refractivity contribution in [2.24, 2.45) is 5.10 Å². The Hall–Kier alpha value is -3.41. The van der Waals surface area contributed by atoms with Gasteiger partial charge in [0.2, 0.25) is 0 Å². The Kier molecular flexibility index (Phi) is 3.87. The minimum atomic E-state index is -1.08. The molecular weight excluding hydrogens is 308 g/mol. The summed E-state index contributed by atoms with van der Waals surface area (Å²) in [7, 11) is 0. The summed E-state index contributed by atoms with van der Waals surface area (Å²) in [5.74, 6) is -1.67.